The highest BCUT2D eigenvalue weighted by atomic mass is 35.5. The number of methoxy groups -OCH3 is 2. The van der Waals surface area contributed by atoms with Gasteiger partial charge in [0.25, 0.3) is 0 Å². The summed E-state index contributed by atoms with van der Waals surface area (Å²) < 4.78 is 10.5. The topological polar surface area (TPSA) is 59.6 Å². The molecule has 0 saturated heterocycles. The standard InChI is InChI=1S/C17H18Cl2N2O3/c1-23-12-4-6-16(24-2)15(10-12)20-8-7-17(22)21-11-3-5-13(18)14(19)9-11/h3-6,9-10,20H,7-8H2,1-2H3,(H,21,22). The minimum absolute atomic E-state index is 0.136. The molecule has 0 heterocycles. The number of hydrogen-bond donors (Lipinski definition) is 2. The lowest BCUT2D eigenvalue weighted by atomic mass is 10.2. The largest absolute Gasteiger partial charge is 0.497 e. The molecule has 0 bridgehead atoms. The van der Waals surface area contributed by atoms with Crippen molar-refractivity contribution in [2.75, 3.05) is 31.4 Å². The second kappa shape index (κ2) is 8.66. The number of anilines is 2. The average molecular weight is 369 g/mol. The molecule has 0 radical (unpaired) electrons. The van der Waals surface area contributed by atoms with E-state index >= 15 is 0 Å². The van der Waals surface area contributed by atoms with Crippen LogP contribution in [-0.2, 0) is 4.79 Å². The maximum absolute atomic E-state index is 12.0. The minimum atomic E-state index is -0.136. The number of carbonyl (C=O) groups excluding carboxylic acids is 1. The summed E-state index contributed by atoms with van der Waals surface area (Å²) in [6, 6.07) is 10.4. The number of rotatable bonds is 7. The predicted molar refractivity (Wildman–Crippen MR) is 97.7 cm³/mol. The molecule has 7 heteroatoms. The molecular weight excluding hydrogens is 351 g/mol. The van der Waals surface area contributed by atoms with E-state index in [2.05, 4.69) is 10.6 Å². The molecule has 2 aromatic carbocycles. The van der Waals surface area contributed by atoms with E-state index in [-0.39, 0.29) is 12.3 Å². The third-order valence-corrected chi connectivity index (χ3v) is 4.02. The van der Waals surface area contributed by atoms with Gasteiger partial charge >= 0.3 is 0 Å². The normalized spacial score (nSPS) is 10.2. The zero-order valence-corrected chi connectivity index (χ0v) is 14.9. The van der Waals surface area contributed by atoms with Gasteiger partial charge in [-0.15, -0.1) is 0 Å². The van der Waals surface area contributed by atoms with Crippen molar-refractivity contribution in [3.8, 4) is 11.5 Å². The predicted octanol–water partition coefficient (Wildman–Crippen LogP) is 4.45. The Morgan fingerprint density at radius 3 is 2.50 bits per heavy atom. The molecule has 2 N–H and O–H groups in total. The van der Waals surface area contributed by atoms with Gasteiger partial charge in [-0.25, -0.2) is 0 Å². The van der Waals surface area contributed by atoms with Crippen molar-refractivity contribution < 1.29 is 14.3 Å². The first-order chi connectivity index (χ1) is 11.5. The van der Waals surface area contributed by atoms with Crippen LogP contribution in [0.1, 0.15) is 6.42 Å². The molecule has 1 amide bonds. The fourth-order valence-corrected chi connectivity index (χ4v) is 2.36. The van der Waals surface area contributed by atoms with Crippen LogP contribution in [-0.4, -0.2) is 26.7 Å². The Morgan fingerprint density at radius 1 is 1.04 bits per heavy atom. The summed E-state index contributed by atoms with van der Waals surface area (Å²) in [5, 5.41) is 6.78. The Kier molecular flexibility index (Phi) is 6.58. The SMILES string of the molecule is COc1ccc(OC)c(NCCC(=O)Nc2ccc(Cl)c(Cl)c2)c1. The maximum Gasteiger partial charge on any atom is 0.226 e. The fourth-order valence-electron chi connectivity index (χ4n) is 2.06. The van der Waals surface area contributed by atoms with E-state index < -0.39 is 0 Å². The van der Waals surface area contributed by atoms with E-state index in [4.69, 9.17) is 32.7 Å². The maximum atomic E-state index is 12.0. The van der Waals surface area contributed by atoms with Crippen LogP contribution in [0.2, 0.25) is 10.0 Å². The van der Waals surface area contributed by atoms with Crippen molar-refractivity contribution in [1.82, 2.24) is 0 Å². The van der Waals surface area contributed by atoms with E-state index in [1.807, 2.05) is 6.07 Å². The summed E-state index contributed by atoms with van der Waals surface area (Å²) in [5.41, 5.74) is 1.37. The van der Waals surface area contributed by atoms with Gasteiger partial charge in [0.1, 0.15) is 11.5 Å². The number of benzene rings is 2. The highest BCUT2D eigenvalue weighted by Gasteiger charge is 2.07. The number of ether oxygens (including phenoxy) is 2. The van der Waals surface area contributed by atoms with Crippen LogP contribution in [0.15, 0.2) is 36.4 Å². The molecule has 0 fully saturated rings. The van der Waals surface area contributed by atoms with Crippen LogP contribution < -0.4 is 20.1 Å². The zero-order valence-electron chi connectivity index (χ0n) is 13.4. The van der Waals surface area contributed by atoms with Crippen molar-refractivity contribution in [3.05, 3.63) is 46.4 Å². The lowest BCUT2D eigenvalue weighted by Crippen LogP contribution is -2.16. The van der Waals surface area contributed by atoms with Crippen molar-refractivity contribution in [2.24, 2.45) is 0 Å². The third-order valence-electron chi connectivity index (χ3n) is 3.28. The smallest absolute Gasteiger partial charge is 0.226 e. The summed E-state index contributed by atoms with van der Waals surface area (Å²) >= 11 is 11.8. The van der Waals surface area contributed by atoms with Crippen molar-refractivity contribution in [2.45, 2.75) is 6.42 Å². The summed E-state index contributed by atoms with van der Waals surface area (Å²) in [6.07, 6.45) is 0.278. The monoisotopic (exact) mass is 368 g/mol. The van der Waals surface area contributed by atoms with Gasteiger partial charge in [0.2, 0.25) is 5.91 Å². The second-order valence-electron chi connectivity index (χ2n) is 4.92. The molecule has 0 atom stereocenters. The number of carbonyl (C=O) groups is 1. The van der Waals surface area contributed by atoms with Gasteiger partial charge in [-0.2, -0.15) is 0 Å². The van der Waals surface area contributed by atoms with Gasteiger partial charge in [0, 0.05) is 24.7 Å². The molecule has 24 heavy (non-hydrogen) atoms. The quantitative estimate of drug-likeness (QED) is 0.757. The Balaban J connectivity index is 1.89. The second-order valence-corrected chi connectivity index (χ2v) is 5.73. The van der Waals surface area contributed by atoms with Crippen LogP contribution in [0.25, 0.3) is 0 Å². The molecule has 128 valence electrons. The molecule has 0 aliphatic carbocycles. The fraction of sp³-hybridized carbons (Fsp3) is 0.235. The average Bonchev–Trinajstić information content (AvgIpc) is 2.58. The van der Waals surface area contributed by atoms with Crippen molar-refractivity contribution in [1.29, 1.82) is 0 Å². The molecule has 0 saturated carbocycles. The number of halogens is 2. The molecule has 0 unspecified atom stereocenters. The van der Waals surface area contributed by atoms with Crippen LogP contribution in [0.3, 0.4) is 0 Å². The molecule has 0 aliphatic heterocycles. The first kappa shape index (κ1) is 18.2. The molecule has 0 spiro atoms. The first-order valence-corrected chi connectivity index (χ1v) is 8.00. The Morgan fingerprint density at radius 2 is 1.83 bits per heavy atom. The van der Waals surface area contributed by atoms with Crippen molar-refractivity contribution in [3.63, 3.8) is 0 Å². The van der Waals surface area contributed by atoms with E-state index in [0.717, 1.165) is 5.69 Å². The highest BCUT2D eigenvalue weighted by Crippen LogP contribution is 2.29. The van der Waals surface area contributed by atoms with Gasteiger partial charge < -0.3 is 20.1 Å². The lowest BCUT2D eigenvalue weighted by molar-refractivity contribution is -0.115. The van der Waals surface area contributed by atoms with Gasteiger partial charge in [0.05, 0.1) is 30.0 Å². The summed E-state index contributed by atoms with van der Waals surface area (Å²) in [6.45, 7) is 0.441. The van der Waals surface area contributed by atoms with E-state index in [1.54, 1.807) is 44.6 Å². The van der Waals surface area contributed by atoms with Crippen molar-refractivity contribution >= 4 is 40.5 Å². The molecule has 5 nitrogen and oxygen atoms in total. The number of nitrogens with one attached hydrogen (secondary N) is 2. The van der Waals surface area contributed by atoms with Crippen LogP contribution in [0.5, 0.6) is 11.5 Å². The summed E-state index contributed by atoms with van der Waals surface area (Å²) in [7, 11) is 3.18. The number of amides is 1. The van der Waals surface area contributed by atoms with Crippen LogP contribution >= 0.6 is 23.2 Å². The molecule has 2 aromatic rings. The molecule has 0 aliphatic rings. The lowest BCUT2D eigenvalue weighted by Gasteiger charge is -2.12. The van der Waals surface area contributed by atoms with E-state index in [0.29, 0.717) is 33.8 Å². The van der Waals surface area contributed by atoms with E-state index in [9.17, 15) is 4.79 Å². The highest BCUT2D eigenvalue weighted by molar-refractivity contribution is 6.42. The van der Waals surface area contributed by atoms with Gasteiger partial charge in [-0.05, 0) is 30.3 Å². The minimum Gasteiger partial charge on any atom is -0.497 e. The molecular formula is C17H18Cl2N2O3. The molecule has 0 aromatic heterocycles. The summed E-state index contributed by atoms with van der Waals surface area (Å²) in [5.74, 6) is 1.25. The first-order valence-electron chi connectivity index (χ1n) is 7.24. The third kappa shape index (κ3) is 4.94. The van der Waals surface area contributed by atoms with Gasteiger partial charge in [-0.3, -0.25) is 4.79 Å². The Bertz CT molecular complexity index is 723. The van der Waals surface area contributed by atoms with Gasteiger partial charge in [0.15, 0.2) is 0 Å². The molecule has 2 rings (SSSR count). The van der Waals surface area contributed by atoms with Gasteiger partial charge in [-0.1, -0.05) is 23.2 Å². The Labute approximate surface area is 150 Å². The van der Waals surface area contributed by atoms with E-state index in [1.165, 1.54) is 0 Å². The zero-order chi connectivity index (χ0) is 17.5. The Hall–Kier alpha value is -2.11. The van der Waals surface area contributed by atoms with Crippen LogP contribution in [0.4, 0.5) is 11.4 Å². The number of hydrogen-bond acceptors (Lipinski definition) is 4. The van der Waals surface area contributed by atoms with Crippen LogP contribution in [0, 0.1) is 0 Å². The summed E-state index contributed by atoms with van der Waals surface area (Å²) in [4.78, 5) is 12.0.